The van der Waals surface area contributed by atoms with Gasteiger partial charge in [0.25, 0.3) is 0 Å². The van der Waals surface area contributed by atoms with Gasteiger partial charge in [0.2, 0.25) is 0 Å². The van der Waals surface area contributed by atoms with Crippen LogP contribution >= 0.6 is 0 Å². The first kappa shape index (κ1) is 17.4. The van der Waals surface area contributed by atoms with Crippen LogP contribution in [-0.4, -0.2) is 29.1 Å². The number of aliphatic hydroxyl groups excluding tert-OH is 1. The number of amides is 2. The van der Waals surface area contributed by atoms with Gasteiger partial charge in [0.05, 0.1) is 12.3 Å². The van der Waals surface area contributed by atoms with Crippen molar-refractivity contribution in [1.82, 2.24) is 4.90 Å². The highest BCUT2D eigenvalue weighted by atomic mass is 19.1. The highest BCUT2D eigenvalue weighted by Gasteiger charge is 2.14. The Kier molecular flexibility index (Phi) is 7.75. The molecule has 0 atom stereocenters. The number of benzene rings is 1. The molecule has 2 amide bonds. The Morgan fingerprint density at radius 1 is 1.24 bits per heavy atom. The number of hydrogen-bond acceptors (Lipinski definition) is 2. The van der Waals surface area contributed by atoms with E-state index in [2.05, 4.69) is 12.2 Å². The Hall–Kier alpha value is -1.62. The summed E-state index contributed by atoms with van der Waals surface area (Å²) in [7, 11) is 0. The molecule has 0 spiro atoms. The van der Waals surface area contributed by atoms with Crippen molar-refractivity contribution in [2.24, 2.45) is 0 Å². The second-order valence-corrected chi connectivity index (χ2v) is 5.10. The number of rotatable bonds is 8. The third-order valence-corrected chi connectivity index (χ3v) is 3.27. The van der Waals surface area contributed by atoms with Crippen LogP contribution in [0.1, 0.15) is 45.1 Å². The monoisotopic (exact) mass is 296 g/mol. The summed E-state index contributed by atoms with van der Waals surface area (Å²) < 4.78 is 13.8. The lowest BCUT2D eigenvalue weighted by Crippen LogP contribution is -2.36. The zero-order chi connectivity index (χ0) is 15.7. The molecule has 0 heterocycles. The Bertz CT molecular complexity index is 452. The normalized spacial score (nSPS) is 10.5. The molecular weight excluding hydrogens is 271 g/mol. The molecule has 1 rings (SSSR count). The predicted molar refractivity (Wildman–Crippen MR) is 82.7 cm³/mol. The third kappa shape index (κ3) is 5.71. The lowest BCUT2D eigenvalue weighted by Gasteiger charge is -2.22. The van der Waals surface area contributed by atoms with Gasteiger partial charge < -0.3 is 15.3 Å². The SMILES string of the molecule is CCCCCN(CCC)C(=O)Nc1ccc(CO)cc1F. The minimum absolute atomic E-state index is 0.147. The largest absolute Gasteiger partial charge is 0.392 e. The van der Waals surface area contributed by atoms with E-state index in [0.29, 0.717) is 18.7 Å². The van der Waals surface area contributed by atoms with Crippen molar-refractivity contribution in [2.75, 3.05) is 18.4 Å². The topological polar surface area (TPSA) is 52.6 Å². The van der Waals surface area contributed by atoms with E-state index in [1.165, 1.54) is 12.1 Å². The molecule has 0 radical (unpaired) electrons. The van der Waals surface area contributed by atoms with E-state index in [0.717, 1.165) is 25.7 Å². The molecular formula is C16H25FN2O2. The van der Waals surface area contributed by atoms with Crippen molar-refractivity contribution >= 4 is 11.7 Å². The highest BCUT2D eigenvalue weighted by Crippen LogP contribution is 2.16. The van der Waals surface area contributed by atoms with Crippen molar-refractivity contribution in [3.63, 3.8) is 0 Å². The van der Waals surface area contributed by atoms with Crippen LogP contribution in [0.15, 0.2) is 18.2 Å². The summed E-state index contributed by atoms with van der Waals surface area (Å²) in [6.45, 7) is 5.25. The van der Waals surface area contributed by atoms with Crippen molar-refractivity contribution in [2.45, 2.75) is 46.1 Å². The van der Waals surface area contributed by atoms with Crippen LogP contribution < -0.4 is 5.32 Å². The molecule has 0 unspecified atom stereocenters. The molecule has 2 N–H and O–H groups in total. The van der Waals surface area contributed by atoms with Gasteiger partial charge in [-0.1, -0.05) is 32.8 Å². The maximum atomic E-state index is 13.8. The van der Waals surface area contributed by atoms with Gasteiger partial charge in [-0.15, -0.1) is 0 Å². The quantitative estimate of drug-likeness (QED) is 0.718. The van der Waals surface area contributed by atoms with Crippen LogP contribution in [0, 0.1) is 5.82 Å². The fraction of sp³-hybridized carbons (Fsp3) is 0.562. The number of halogens is 1. The van der Waals surface area contributed by atoms with Gasteiger partial charge in [0.1, 0.15) is 5.82 Å². The van der Waals surface area contributed by atoms with Crippen molar-refractivity contribution in [3.05, 3.63) is 29.6 Å². The second-order valence-electron chi connectivity index (χ2n) is 5.10. The maximum absolute atomic E-state index is 13.8. The van der Waals surface area contributed by atoms with Crippen LogP contribution in [0.4, 0.5) is 14.9 Å². The van der Waals surface area contributed by atoms with Gasteiger partial charge in [0.15, 0.2) is 0 Å². The Morgan fingerprint density at radius 2 is 2.00 bits per heavy atom. The summed E-state index contributed by atoms with van der Waals surface area (Å²) >= 11 is 0. The third-order valence-electron chi connectivity index (χ3n) is 3.27. The fourth-order valence-corrected chi connectivity index (χ4v) is 2.09. The van der Waals surface area contributed by atoms with Crippen molar-refractivity contribution in [1.29, 1.82) is 0 Å². The molecule has 1 aromatic carbocycles. The molecule has 4 nitrogen and oxygen atoms in total. The van der Waals surface area contributed by atoms with E-state index in [9.17, 15) is 9.18 Å². The van der Waals surface area contributed by atoms with Crippen molar-refractivity contribution in [3.8, 4) is 0 Å². The Labute approximate surface area is 126 Å². The zero-order valence-corrected chi connectivity index (χ0v) is 12.9. The fourth-order valence-electron chi connectivity index (χ4n) is 2.09. The highest BCUT2D eigenvalue weighted by molar-refractivity contribution is 5.89. The summed E-state index contributed by atoms with van der Waals surface area (Å²) in [4.78, 5) is 13.9. The number of carbonyl (C=O) groups excluding carboxylic acids is 1. The average Bonchev–Trinajstić information content (AvgIpc) is 2.48. The minimum atomic E-state index is -0.528. The number of anilines is 1. The molecule has 0 saturated carbocycles. The summed E-state index contributed by atoms with van der Waals surface area (Å²) in [5, 5.41) is 11.6. The standard InChI is InChI=1S/C16H25FN2O2/c1-3-5-6-10-19(9-4-2)16(21)18-15-8-7-13(12-20)11-14(15)17/h7-8,11,20H,3-6,9-10,12H2,1-2H3,(H,18,21). The van der Waals surface area contributed by atoms with Gasteiger partial charge in [-0.2, -0.15) is 0 Å². The number of hydrogen-bond donors (Lipinski definition) is 2. The summed E-state index contributed by atoms with van der Waals surface area (Å²) in [6, 6.07) is 4.04. The van der Waals surface area contributed by atoms with Crippen LogP contribution in [0.5, 0.6) is 0 Å². The van der Waals surface area contributed by atoms with Gasteiger partial charge in [0, 0.05) is 13.1 Å². The molecule has 0 bridgehead atoms. The molecule has 0 fully saturated rings. The van der Waals surface area contributed by atoms with Crippen molar-refractivity contribution < 1.29 is 14.3 Å². The molecule has 118 valence electrons. The molecule has 21 heavy (non-hydrogen) atoms. The van der Waals surface area contributed by atoms with E-state index >= 15 is 0 Å². The first-order valence-electron chi connectivity index (χ1n) is 7.57. The number of unbranched alkanes of at least 4 members (excludes halogenated alkanes) is 2. The van der Waals surface area contributed by atoms with Gasteiger partial charge in [-0.05, 0) is 30.5 Å². The predicted octanol–water partition coefficient (Wildman–Crippen LogP) is 3.75. The molecule has 0 aliphatic carbocycles. The molecule has 0 aliphatic rings. The zero-order valence-electron chi connectivity index (χ0n) is 12.9. The Balaban J connectivity index is 2.67. The maximum Gasteiger partial charge on any atom is 0.321 e. The molecule has 0 saturated heterocycles. The van der Waals surface area contributed by atoms with Crippen LogP contribution in [-0.2, 0) is 6.61 Å². The van der Waals surface area contributed by atoms with Gasteiger partial charge in [-0.3, -0.25) is 0 Å². The van der Waals surface area contributed by atoms with E-state index < -0.39 is 5.82 Å². The second kappa shape index (κ2) is 9.34. The summed E-state index contributed by atoms with van der Waals surface area (Å²) in [5.41, 5.74) is 0.632. The number of aliphatic hydroxyl groups is 1. The molecule has 0 aromatic heterocycles. The Morgan fingerprint density at radius 3 is 2.57 bits per heavy atom. The van der Waals surface area contributed by atoms with Crippen LogP contribution in [0.2, 0.25) is 0 Å². The van der Waals surface area contributed by atoms with E-state index in [1.807, 2.05) is 6.92 Å². The molecule has 1 aromatic rings. The molecule has 5 heteroatoms. The smallest absolute Gasteiger partial charge is 0.321 e. The van der Waals surface area contributed by atoms with Gasteiger partial charge in [-0.25, -0.2) is 9.18 Å². The number of urea groups is 1. The first-order chi connectivity index (χ1) is 10.1. The van der Waals surface area contributed by atoms with E-state index in [4.69, 9.17) is 5.11 Å². The van der Waals surface area contributed by atoms with E-state index in [-0.39, 0.29) is 18.3 Å². The first-order valence-corrected chi connectivity index (χ1v) is 7.57. The summed E-state index contributed by atoms with van der Waals surface area (Å²) in [6.07, 6.45) is 3.99. The van der Waals surface area contributed by atoms with Gasteiger partial charge >= 0.3 is 6.03 Å². The lowest BCUT2D eigenvalue weighted by atomic mass is 10.2. The molecule has 0 aliphatic heterocycles. The van der Waals surface area contributed by atoms with E-state index in [1.54, 1.807) is 11.0 Å². The minimum Gasteiger partial charge on any atom is -0.392 e. The average molecular weight is 296 g/mol. The number of carbonyl (C=O) groups is 1. The number of nitrogens with one attached hydrogen (secondary N) is 1. The number of nitrogens with zero attached hydrogens (tertiary/aromatic N) is 1. The van der Waals surface area contributed by atoms with Crippen LogP contribution in [0.25, 0.3) is 0 Å². The van der Waals surface area contributed by atoms with Crippen LogP contribution in [0.3, 0.4) is 0 Å². The lowest BCUT2D eigenvalue weighted by molar-refractivity contribution is 0.210. The summed E-state index contributed by atoms with van der Waals surface area (Å²) in [5.74, 6) is -0.528.